The Morgan fingerprint density at radius 1 is 1.18 bits per heavy atom. The lowest BCUT2D eigenvalue weighted by Gasteiger charge is -2.31. The van der Waals surface area contributed by atoms with Gasteiger partial charge in [0, 0.05) is 43.6 Å². The molecule has 150 valence electrons. The van der Waals surface area contributed by atoms with Gasteiger partial charge in [0.15, 0.2) is 0 Å². The number of piperidine rings is 1. The van der Waals surface area contributed by atoms with E-state index in [9.17, 15) is 9.90 Å². The Kier molecular flexibility index (Phi) is 6.34. The van der Waals surface area contributed by atoms with Crippen molar-refractivity contribution in [3.8, 4) is 0 Å². The van der Waals surface area contributed by atoms with Crippen LogP contribution >= 0.6 is 0 Å². The molecule has 7 nitrogen and oxygen atoms in total. The normalized spacial score (nSPS) is 14.8. The molecule has 1 aliphatic rings. The van der Waals surface area contributed by atoms with E-state index in [2.05, 4.69) is 63.2 Å². The maximum atomic E-state index is 11.2. The Morgan fingerprint density at radius 3 is 2.39 bits per heavy atom. The van der Waals surface area contributed by atoms with Crippen LogP contribution in [0.1, 0.15) is 32.5 Å². The third-order valence-electron chi connectivity index (χ3n) is 5.26. The van der Waals surface area contributed by atoms with E-state index >= 15 is 0 Å². The van der Waals surface area contributed by atoms with E-state index in [4.69, 9.17) is 0 Å². The van der Waals surface area contributed by atoms with Gasteiger partial charge < -0.3 is 20.2 Å². The molecule has 1 aromatic carbocycles. The molecule has 0 atom stereocenters. The second-order valence-electron chi connectivity index (χ2n) is 7.10. The van der Waals surface area contributed by atoms with Crippen molar-refractivity contribution in [2.45, 2.75) is 33.6 Å². The predicted octanol–water partition coefficient (Wildman–Crippen LogP) is 3.68. The summed E-state index contributed by atoms with van der Waals surface area (Å²) in [5.74, 6) is 1.34. The van der Waals surface area contributed by atoms with Gasteiger partial charge in [0.25, 0.3) is 0 Å². The van der Waals surface area contributed by atoms with E-state index in [0.717, 1.165) is 30.4 Å². The van der Waals surface area contributed by atoms with E-state index in [1.807, 2.05) is 13.0 Å². The van der Waals surface area contributed by atoms with E-state index in [-0.39, 0.29) is 5.92 Å². The van der Waals surface area contributed by atoms with Crippen LogP contribution in [0.15, 0.2) is 30.3 Å². The van der Waals surface area contributed by atoms with Gasteiger partial charge in [-0.15, -0.1) is 0 Å². The van der Waals surface area contributed by atoms with Crippen LogP contribution in [0.4, 0.5) is 23.0 Å². The van der Waals surface area contributed by atoms with Crippen LogP contribution in [-0.2, 0) is 4.79 Å². The number of aromatic nitrogens is 2. The highest BCUT2D eigenvalue weighted by molar-refractivity contribution is 5.70. The molecule has 0 spiro atoms. The third kappa shape index (κ3) is 4.71. The average molecular weight is 383 g/mol. The Morgan fingerprint density at radius 2 is 1.82 bits per heavy atom. The van der Waals surface area contributed by atoms with Crippen molar-refractivity contribution in [2.75, 3.05) is 41.3 Å². The first-order valence-electron chi connectivity index (χ1n) is 9.95. The van der Waals surface area contributed by atoms with Crippen molar-refractivity contribution >= 4 is 29.0 Å². The molecule has 1 saturated heterocycles. The Balaban J connectivity index is 1.71. The summed E-state index contributed by atoms with van der Waals surface area (Å²) < 4.78 is 0. The highest BCUT2D eigenvalue weighted by Crippen LogP contribution is 2.26. The van der Waals surface area contributed by atoms with E-state index < -0.39 is 5.97 Å². The summed E-state index contributed by atoms with van der Waals surface area (Å²) >= 11 is 0. The van der Waals surface area contributed by atoms with Crippen LogP contribution in [0, 0.1) is 12.8 Å². The number of anilines is 4. The number of benzene rings is 1. The van der Waals surface area contributed by atoms with Gasteiger partial charge in [0.1, 0.15) is 17.5 Å². The lowest BCUT2D eigenvalue weighted by Crippen LogP contribution is -2.36. The van der Waals surface area contributed by atoms with Gasteiger partial charge in [0.2, 0.25) is 0 Å². The highest BCUT2D eigenvalue weighted by Gasteiger charge is 2.25. The molecule has 0 bridgehead atoms. The number of nitrogens with one attached hydrogen (secondary N) is 1. The zero-order chi connectivity index (χ0) is 20.1. The fourth-order valence-electron chi connectivity index (χ4n) is 3.63. The minimum absolute atomic E-state index is 0.249. The molecule has 0 unspecified atom stereocenters. The van der Waals surface area contributed by atoms with Gasteiger partial charge in [-0.25, -0.2) is 9.97 Å². The average Bonchev–Trinajstić information content (AvgIpc) is 2.70. The topological polar surface area (TPSA) is 81.6 Å². The number of hydrogen-bond donors (Lipinski definition) is 2. The molecular weight excluding hydrogens is 354 g/mol. The molecule has 1 fully saturated rings. The number of carboxylic acids is 1. The van der Waals surface area contributed by atoms with E-state index in [1.165, 1.54) is 5.69 Å². The van der Waals surface area contributed by atoms with Crippen LogP contribution in [0.25, 0.3) is 0 Å². The molecule has 7 heteroatoms. The SMILES string of the molecule is CCN(CC)c1ccc(Nc2cc(N3CCC(C(=O)O)CC3)nc(C)n2)cc1. The standard InChI is InChI=1S/C21H29N5O2/c1-4-25(5-2)18-8-6-17(7-9-18)24-19-14-20(23-15(3)22-19)26-12-10-16(11-13-26)21(27)28/h6-9,14,16H,4-5,10-13H2,1-3H3,(H,27,28)(H,22,23,24). The molecule has 2 aromatic rings. The lowest BCUT2D eigenvalue weighted by molar-refractivity contribution is -0.142. The van der Waals surface area contributed by atoms with Gasteiger partial charge in [-0.05, 0) is 57.9 Å². The summed E-state index contributed by atoms with van der Waals surface area (Å²) in [6.45, 7) is 9.55. The molecule has 0 aliphatic carbocycles. The fraction of sp³-hybridized carbons (Fsp3) is 0.476. The molecular formula is C21H29N5O2. The molecule has 3 rings (SSSR count). The van der Waals surface area contributed by atoms with Crippen molar-refractivity contribution in [3.63, 3.8) is 0 Å². The van der Waals surface area contributed by atoms with Crippen molar-refractivity contribution in [1.82, 2.24) is 9.97 Å². The second kappa shape index (κ2) is 8.91. The maximum absolute atomic E-state index is 11.2. The van der Waals surface area contributed by atoms with Gasteiger partial charge >= 0.3 is 5.97 Å². The molecule has 2 N–H and O–H groups in total. The molecule has 2 heterocycles. The predicted molar refractivity (Wildman–Crippen MR) is 113 cm³/mol. The number of aryl methyl sites for hydroxylation is 1. The van der Waals surface area contributed by atoms with Crippen molar-refractivity contribution in [2.24, 2.45) is 5.92 Å². The minimum atomic E-state index is -0.700. The van der Waals surface area contributed by atoms with Gasteiger partial charge in [-0.2, -0.15) is 0 Å². The van der Waals surface area contributed by atoms with Gasteiger partial charge in [-0.3, -0.25) is 4.79 Å². The summed E-state index contributed by atoms with van der Waals surface area (Å²) in [7, 11) is 0. The van der Waals surface area contributed by atoms with Crippen molar-refractivity contribution in [3.05, 3.63) is 36.2 Å². The maximum Gasteiger partial charge on any atom is 0.306 e. The number of hydrogen-bond acceptors (Lipinski definition) is 6. The smallest absolute Gasteiger partial charge is 0.306 e. The summed E-state index contributed by atoms with van der Waals surface area (Å²) in [5.41, 5.74) is 2.18. The Labute approximate surface area is 166 Å². The van der Waals surface area contributed by atoms with Crippen LogP contribution in [0.3, 0.4) is 0 Å². The van der Waals surface area contributed by atoms with Gasteiger partial charge in [0.05, 0.1) is 5.92 Å². The van der Waals surface area contributed by atoms with Crippen molar-refractivity contribution < 1.29 is 9.90 Å². The zero-order valence-electron chi connectivity index (χ0n) is 16.9. The first kappa shape index (κ1) is 19.9. The zero-order valence-corrected chi connectivity index (χ0v) is 16.9. The van der Waals surface area contributed by atoms with Crippen LogP contribution in [0.5, 0.6) is 0 Å². The molecule has 0 radical (unpaired) electrons. The summed E-state index contributed by atoms with van der Waals surface area (Å²) in [6, 6.07) is 10.3. The third-order valence-corrected chi connectivity index (χ3v) is 5.26. The van der Waals surface area contributed by atoms with E-state index in [0.29, 0.717) is 31.8 Å². The number of carbonyl (C=O) groups is 1. The summed E-state index contributed by atoms with van der Waals surface area (Å²) in [4.78, 5) is 24.7. The molecule has 0 saturated carbocycles. The molecule has 28 heavy (non-hydrogen) atoms. The van der Waals surface area contributed by atoms with Crippen LogP contribution in [0.2, 0.25) is 0 Å². The summed E-state index contributed by atoms with van der Waals surface area (Å²) in [5, 5.41) is 12.5. The molecule has 1 aromatic heterocycles. The second-order valence-corrected chi connectivity index (χ2v) is 7.10. The summed E-state index contributed by atoms with van der Waals surface area (Å²) in [6.07, 6.45) is 1.29. The van der Waals surface area contributed by atoms with Crippen molar-refractivity contribution in [1.29, 1.82) is 0 Å². The Bertz CT molecular complexity index is 797. The minimum Gasteiger partial charge on any atom is -0.481 e. The van der Waals surface area contributed by atoms with Crippen LogP contribution < -0.4 is 15.1 Å². The fourth-order valence-corrected chi connectivity index (χ4v) is 3.63. The number of rotatable bonds is 7. The first-order chi connectivity index (χ1) is 13.5. The Hall–Kier alpha value is -2.83. The number of nitrogens with zero attached hydrogens (tertiary/aromatic N) is 4. The molecule has 0 amide bonds. The highest BCUT2D eigenvalue weighted by atomic mass is 16.4. The lowest BCUT2D eigenvalue weighted by atomic mass is 9.97. The van der Waals surface area contributed by atoms with Gasteiger partial charge in [-0.1, -0.05) is 0 Å². The monoisotopic (exact) mass is 383 g/mol. The van der Waals surface area contributed by atoms with Crippen LogP contribution in [-0.4, -0.2) is 47.2 Å². The van der Waals surface area contributed by atoms with E-state index in [1.54, 1.807) is 0 Å². The largest absolute Gasteiger partial charge is 0.481 e. The number of aliphatic carboxylic acids is 1. The number of carboxylic acid groups (broad SMARTS) is 1. The molecule has 1 aliphatic heterocycles. The first-order valence-corrected chi connectivity index (χ1v) is 9.95. The quantitative estimate of drug-likeness (QED) is 0.755.